The molecule has 1 rings (SSSR count). The van der Waals surface area contributed by atoms with Crippen molar-refractivity contribution in [3.8, 4) is 0 Å². The quantitative estimate of drug-likeness (QED) is 0.867. The van der Waals surface area contributed by atoms with Crippen LogP contribution in [0.4, 0.5) is 0 Å². The molecule has 3 N–H and O–H groups in total. The van der Waals surface area contributed by atoms with Crippen molar-refractivity contribution < 1.29 is 4.79 Å². The van der Waals surface area contributed by atoms with Crippen LogP contribution in [-0.2, 0) is 11.3 Å². The van der Waals surface area contributed by atoms with E-state index in [1.165, 1.54) is 0 Å². The number of carbonyl (C=O) groups is 1. The van der Waals surface area contributed by atoms with Gasteiger partial charge >= 0.3 is 0 Å². The van der Waals surface area contributed by atoms with Crippen molar-refractivity contribution in [2.24, 2.45) is 11.7 Å². The molecule has 17 heavy (non-hydrogen) atoms. The number of halogens is 2. The van der Waals surface area contributed by atoms with Crippen molar-refractivity contribution in [3.05, 3.63) is 33.8 Å². The first kappa shape index (κ1) is 14.3. The van der Waals surface area contributed by atoms with E-state index in [1.54, 1.807) is 6.07 Å². The van der Waals surface area contributed by atoms with E-state index in [-0.39, 0.29) is 17.9 Å². The number of amides is 1. The van der Waals surface area contributed by atoms with Gasteiger partial charge in [0.1, 0.15) is 0 Å². The average Bonchev–Trinajstić information content (AvgIpc) is 2.23. The number of nitrogens with two attached hydrogens (primary N) is 1. The minimum Gasteiger partial charge on any atom is -0.368 e. The highest BCUT2D eigenvalue weighted by Gasteiger charge is 2.18. The molecule has 1 atom stereocenters. The fourth-order valence-electron chi connectivity index (χ4n) is 1.57. The van der Waals surface area contributed by atoms with Gasteiger partial charge in [-0.15, -0.1) is 0 Å². The molecule has 0 radical (unpaired) electrons. The molecule has 0 aliphatic carbocycles. The van der Waals surface area contributed by atoms with Gasteiger partial charge in [-0.3, -0.25) is 4.79 Å². The Morgan fingerprint density at radius 2 is 2.06 bits per heavy atom. The third kappa shape index (κ3) is 3.87. The second-order valence-electron chi connectivity index (χ2n) is 4.22. The van der Waals surface area contributed by atoms with Gasteiger partial charge in [-0.2, -0.15) is 0 Å². The third-order valence-electron chi connectivity index (χ3n) is 2.52. The first-order valence-corrected chi connectivity index (χ1v) is 6.14. The molecule has 0 aromatic heterocycles. The summed E-state index contributed by atoms with van der Waals surface area (Å²) in [5.74, 6) is -0.233. The van der Waals surface area contributed by atoms with Crippen molar-refractivity contribution in [2.75, 3.05) is 0 Å². The van der Waals surface area contributed by atoms with E-state index in [0.29, 0.717) is 16.6 Å². The molecule has 0 aliphatic rings. The summed E-state index contributed by atoms with van der Waals surface area (Å²) in [6.07, 6.45) is 0. The lowest BCUT2D eigenvalue weighted by Gasteiger charge is -2.19. The molecule has 0 heterocycles. The van der Waals surface area contributed by atoms with E-state index in [4.69, 9.17) is 28.9 Å². The highest BCUT2D eigenvalue weighted by atomic mass is 35.5. The number of nitrogens with one attached hydrogen (secondary N) is 1. The summed E-state index contributed by atoms with van der Waals surface area (Å²) in [4.78, 5) is 11.2. The Morgan fingerprint density at radius 1 is 1.41 bits per heavy atom. The molecule has 1 aromatic carbocycles. The SMILES string of the molecule is CC(C)C(NCc1cccc(Cl)c1Cl)C(N)=O. The molecule has 0 aliphatic heterocycles. The zero-order chi connectivity index (χ0) is 13.0. The van der Waals surface area contributed by atoms with Crippen LogP contribution in [0.1, 0.15) is 19.4 Å². The predicted molar refractivity (Wildman–Crippen MR) is 71.1 cm³/mol. The van der Waals surface area contributed by atoms with Crippen LogP contribution in [0, 0.1) is 5.92 Å². The van der Waals surface area contributed by atoms with Gasteiger partial charge in [0.15, 0.2) is 0 Å². The Labute approximate surface area is 111 Å². The smallest absolute Gasteiger partial charge is 0.234 e. The summed E-state index contributed by atoms with van der Waals surface area (Å²) in [6, 6.07) is 5.03. The Morgan fingerprint density at radius 3 is 2.59 bits per heavy atom. The Bertz CT molecular complexity index is 407. The second kappa shape index (κ2) is 6.24. The Hall–Kier alpha value is -0.770. The topological polar surface area (TPSA) is 55.1 Å². The van der Waals surface area contributed by atoms with Gasteiger partial charge in [-0.25, -0.2) is 0 Å². The van der Waals surface area contributed by atoms with E-state index in [0.717, 1.165) is 5.56 Å². The van der Waals surface area contributed by atoms with Gasteiger partial charge in [0.25, 0.3) is 0 Å². The summed E-state index contributed by atoms with van der Waals surface area (Å²) in [5.41, 5.74) is 6.16. The zero-order valence-electron chi connectivity index (χ0n) is 9.84. The minimum atomic E-state index is -0.370. The van der Waals surface area contributed by atoms with E-state index >= 15 is 0 Å². The van der Waals surface area contributed by atoms with Crippen LogP contribution in [0.25, 0.3) is 0 Å². The molecule has 0 fully saturated rings. The maximum atomic E-state index is 11.2. The lowest BCUT2D eigenvalue weighted by molar-refractivity contribution is -0.121. The summed E-state index contributed by atoms with van der Waals surface area (Å²) < 4.78 is 0. The van der Waals surface area contributed by atoms with Crippen LogP contribution in [0.3, 0.4) is 0 Å². The van der Waals surface area contributed by atoms with Crippen LogP contribution in [-0.4, -0.2) is 11.9 Å². The zero-order valence-corrected chi connectivity index (χ0v) is 11.3. The minimum absolute atomic E-state index is 0.130. The van der Waals surface area contributed by atoms with Crippen LogP contribution in [0.15, 0.2) is 18.2 Å². The van der Waals surface area contributed by atoms with E-state index < -0.39 is 0 Å². The Kier molecular flexibility index (Phi) is 5.25. The van der Waals surface area contributed by atoms with Crippen LogP contribution < -0.4 is 11.1 Å². The maximum absolute atomic E-state index is 11.2. The number of rotatable bonds is 5. The fourth-order valence-corrected chi connectivity index (χ4v) is 1.96. The summed E-state index contributed by atoms with van der Waals surface area (Å²) in [6.45, 7) is 4.33. The van der Waals surface area contributed by atoms with Crippen molar-refractivity contribution >= 4 is 29.1 Å². The second-order valence-corrected chi connectivity index (χ2v) is 5.00. The number of carbonyl (C=O) groups excluding carboxylic acids is 1. The lowest BCUT2D eigenvalue weighted by atomic mass is 10.0. The fraction of sp³-hybridized carbons (Fsp3) is 0.417. The third-order valence-corrected chi connectivity index (χ3v) is 3.38. The number of primary amides is 1. The predicted octanol–water partition coefficient (Wildman–Crippen LogP) is 2.59. The maximum Gasteiger partial charge on any atom is 0.234 e. The summed E-state index contributed by atoms with van der Waals surface area (Å²) in [7, 11) is 0. The van der Waals surface area contributed by atoms with Crippen molar-refractivity contribution in [2.45, 2.75) is 26.4 Å². The molecule has 1 unspecified atom stereocenters. The van der Waals surface area contributed by atoms with Gasteiger partial charge in [-0.05, 0) is 17.5 Å². The van der Waals surface area contributed by atoms with E-state index in [1.807, 2.05) is 26.0 Å². The van der Waals surface area contributed by atoms with Crippen molar-refractivity contribution in [3.63, 3.8) is 0 Å². The molecule has 3 nitrogen and oxygen atoms in total. The van der Waals surface area contributed by atoms with Crippen molar-refractivity contribution in [1.29, 1.82) is 0 Å². The molecular weight excluding hydrogens is 259 g/mol. The molecule has 1 amide bonds. The summed E-state index contributed by atoms with van der Waals surface area (Å²) in [5, 5.41) is 4.10. The normalized spacial score (nSPS) is 12.8. The first-order chi connectivity index (χ1) is 7.93. The highest BCUT2D eigenvalue weighted by Crippen LogP contribution is 2.25. The van der Waals surface area contributed by atoms with Gasteiger partial charge < -0.3 is 11.1 Å². The van der Waals surface area contributed by atoms with Gasteiger partial charge in [0, 0.05) is 6.54 Å². The molecule has 0 saturated heterocycles. The van der Waals surface area contributed by atoms with Gasteiger partial charge in [0.2, 0.25) is 5.91 Å². The van der Waals surface area contributed by atoms with Gasteiger partial charge in [-0.1, -0.05) is 49.2 Å². The lowest BCUT2D eigenvalue weighted by Crippen LogP contribution is -2.44. The molecule has 94 valence electrons. The molecule has 0 bridgehead atoms. The average molecular weight is 275 g/mol. The molecule has 0 spiro atoms. The number of benzene rings is 1. The molecule has 0 saturated carbocycles. The van der Waals surface area contributed by atoms with E-state index in [9.17, 15) is 4.79 Å². The Balaban J connectivity index is 2.72. The monoisotopic (exact) mass is 274 g/mol. The van der Waals surface area contributed by atoms with Crippen LogP contribution >= 0.6 is 23.2 Å². The van der Waals surface area contributed by atoms with Crippen LogP contribution in [0.2, 0.25) is 10.0 Å². The standard InChI is InChI=1S/C12H16Cl2N2O/c1-7(2)11(12(15)17)16-6-8-4-3-5-9(13)10(8)14/h3-5,7,11,16H,6H2,1-2H3,(H2,15,17). The van der Waals surface area contributed by atoms with E-state index in [2.05, 4.69) is 5.32 Å². The number of hydrogen-bond acceptors (Lipinski definition) is 2. The first-order valence-electron chi connectivity index (χ1n) is 5.39. The van der Waals surface area contributed by atoms with Crippen LogP contribution in [0.5, 0.6) is 0 Å². The highest BCUT2D eigenvalue weighted by molar-refractivity contribution is 6.42. The number of hydrogen-bond donors (Lipinski definition) is 2. The molecular formula is C12H16Cl2N2O. The largest absolute Gasteiger partial charge is 0.368 e. The molecule has 5 heteroatoms. The summed E-state index contributed by atoms with van der Waals surface area (Å²) >= 11 is 12.0. The van der Waals surface area contributed by atoms with Crippen molar-refractivity contribution in [1.82, 2.24) is 5.32 Å². The molecule has 1 aromatic rings. The van der Waals surface area contributed by atoms with Gasteiger partial charge in [0.05, 0.1) is 16.1 Å².